The van der Waals surface area contributed by atoms with Gasteiger partial charge in [0.15, 0.2) is 6.10 Å². The van der Waals surface area contributed by atoms with Crippen LogP contribution in [-0.4, -0.2) is 84.7 Å². The molecule has 0 aliphatic carbocycles. The van der Waals surface area contributed by atoms with E-state index in [1.54, 1.807) is 12.2 Å². The Labute approximate surface area is 303 Å². The van der Waals surface area contributed by atoms with Gasteiger partial charge in [0.05, 0.1) is 0 Å². The molecule has 0 aromatic heterocycles. The maximum Gasteiger partial charge on any atom is 0.344 e. The third-order valence-electron chi connectivity index (χ3n) is 9.90. The van der Waals surface area contributed by atoms with Crippen LogP contribution in [0.5, 0.6) is 0 Å². The summed E-state index contributed by atoms with van der Waals surface area (Å²) < 4.78 is 16.6. The number of aliphatic carboxylic acids is 3. The summed E-state index contributed by atoms with van der Waals surface area (Å²) in [6.07, 6.45) is 5.33. The number of aryl methyl sites for hydroxylation is 2. The Hall–Kier alpha value is -4.36. The number of hydrogen-bond donors (Lipinski definition) is 5. The van der Waals surface area contributed by atoms with Crippen LogP contribution in [0.1, 0.15) is 76.3 Å². The van der Waals surface area contributed by atoms with Crippen molar-refractivity contribution < 1.29 is 58.9 Å². The number of carbonyl (C=O) groups excluding carboxylic acids is 1. The Bertz CT molecular complexity index is 1580. The molecule has 2 heterocycles. The van der Waals surface area contributed by atoms with Crippen molar-refractivity contribution in [2.75, 3.05) is 0 Å². The Kier molecular flexibility index (Phi) is 13.9. The normalized spacial score (nSPS) is 28.1. The molecule has 0 radical (unpaired) electrons. The highest BCUT2D eigenvalue weighted by Gasteiger charge is 2.85. The number of carboxylic acid groups (broad SMARTS) is 3. The van der Waals surface area contributed by atoms with Crippen molar-refractivity contribution in [2.24, 2.45) is 11.8 Å². The fraction of sp³-hybridized carbons (Fsp3) is 0.500. The molecule has 0 amide bonds. The smallest absolute Gasteiger partial charge is 0.344 e. The lowest BCUT2D eigenvalue weighted by molar-refractivity contribution is -0.373. The van der Waals surface area contributed by atoms with Crippen molar-refractivity contribution in [1.82, 2.24) is 0 Å². The van der Waals surface area contributed by atoms with Gasteiger partial charge >= 0.3 is 23.9 Å². The van der Waals surface area contributed by atoms with Crippen molar-refractivity contribution in [2.45, 2.75) is 113 Å². The van der Waals surface area contributed by atoms with E-state index in [2.05, 4.69) is 24.3 Å². The average Bonchev–Trinajstić information content (AvgIpc) is 3.32. The van der Waals surface area contributed by atoms with E-state index < -0.39 is 59.2 Å². The zero-order valence-electron chi connectivity index (χ0n) is 29.6. The summed E-state index contributed by atoms with van der Waals surface area (Å²) in [5, 5.41) is 53.3. The number of rotatable bonds is 20. The van der Waals surface area contributed by atoms with Crippen LogP contribution in [0.25, 0.3) is 0 Å². The zero-order chi connectivity index (χ0) is 37.9. The number of ether oxygens (including phenoxy) is 3. The quantitative estimate of drug-likeness (QED) is 0.0897. The molecule has 4 rings (SSSR count). The predicted octanol–water partition coefficient (Wildman–Crippen LogP) is 5.10. The van der Waals surface area contributed by atoms with Crippen LogP contribution < -0.4 is 0 Å². The minimum Gasteiger partial charge on any atom is -0.479 e. The van der Waals surface area contributed by atoms with Gasteiger partial charge in [-0.2, -0.15) is 0 Å². The number of hydrogen-bond acceptors (Lipinski definition) is 9. The van der Waals surface area contributed by atoms with Crippen molar-refractivity contribution in [3.63, 3.8) is 0 Å². The van der Waals surface area contributed by atoms with Gasteiger partial charge in [0.1, 0.15) is 6.10 Å². The van der Waals surface area contributed by atoms with Gasteiger partial charge in [-0.3, -0.25) is 4.79 Å². The largest absolute Gasteiger partial charge is 0.479 e. The van der Waals surface area contributed by atoms with Crippen LogP contribution in [-0.2, 0) is 46.2 Å². The molecule has 2 unspecified atom stereocenters. The standard InChI is InChI=1S/C40H50O12/c1-27(17-13-23-29-19-5-3-6-20-29)15-9-10-25-31(41)50-33-32(42)38(26-12-11-16-28(2)18-14-24-30-21-7-4-8-22-30)51-34(35(43)44)39(49,36(45)46)40(33,52-38)37(47)48/h3-9,11,15-16,19-22,27-28,32-34,42,49H,10,12-14,17-18,23-26H2,1-2H3,(H,43,44)(H,45,46)(H,47,48)/b15-9+,16-11+/t27?,28?,32-,33-,34-,38+,39-,40+/m1/s1. The molecule has 2 fully saturated rings. The number of allylic oxidation sites excluding steroid dienone is 4. The molecule has 8 atom stereocenters. The minimum atomic E-state index is -3.80. The topological polar surface area (TPSA) is 197 Å². The molecular formula is C40H50O12. The van der Waals surface area contributed by atoms with E-state index in [1.165, 1.54) is 11.1 Å². The maximum atomic E-state index is 13.1. The second-order valence-corrected chi connectivity index (χ2v) is 13.9. The molecule has 2 saturated heterocycles. The van der Waals surface area contributed by atoms with Crippen molar-refractivity contribution in [1.29, 1.82) is 0 Å². The Morgan fingerprint density at radius 2 is 1.33 bits per heavy atom. The molecule has 282 valence electrons. The van der Waals surface area contributed by atoms with Crippen LogP contribution in [0.4, 0.5) is 0 Å². The third kappa shape index (κ3) is 8.98. The van der Waals surface area contributed by atoms with Gasteiger partial charge in [-0.15, -0.1) is 0 Å². The van der Waals surface area contributed by atoms with E-state index >= 15 is 0 Å². The molecule has 2 aliphatic heterocycles. The van der Waals surface area contributed by atoms with Crippen molar-refractivity contribution >= 4 is 23.9 Å². The summed E-state index contributed by atoms with van der Waals surface area (Å²) in [5.74, 6) is -9.55. The first kappa shape index (κ1) is 40.4. The number of fused-ring (bicyclic) bond motifs is 2. The summed E-state index contributed by atoms with van der Waals surface area (Å²) in [5.41, 5.74) is -4.75. The van der Waals surface area contributed by atoms with Gasteiger partial charge in [-0.05, 0) is 74.3 Å². The molecule has 2 aliphatic rings. The second kappa shape index (κ2) is 17.9. The molecule has 5 N–H and O–H groups in total. The first-order valence-corrected chi connectivity index (χ1v) is 17.9. The summed E-state index contributed by atoms with van der Waals surface area (Å²) in [4.78, 5) is 50.8. The fourth-order valence-corrected chi connectivity index (χ4v) is 7.03. The Balaban J connectivity index is 1.43. The number of esters is 1. The number of benzene rings is 2. The molecule has 12 nitrogen and oxygen atoms in total. The van der Waals surface area contributed by atoms with E-state index in [-0.39, 0.29) is 37.5 Å². The second-order valence-electron chi connectivity index (χ2n) is 13.9. The van der Waals surface area contributed by atoms with Crippen LogP contribution in [0.15, 0.2) is 85.0 Å². The minimum absolute atomic E-state index is 0.0859. The highest BCUT2D eigenvalue weighted by atomic mass is 16.8. The van der Waals surface area contributed by atoms with E-state index in [4.69, 9.17) is 14.2 Å². The lowest BCUT2D eigenvalue weighted by Crippen LogP contribution is -2.78. The predicted molar refractivity (Wildman–Crippen MR) is 189 cm³/mol. The zero-order valence-corrected chi connectivity index (χ0v) is 29.6. The van der Waals surface area contributed by atoms with Gasteiger partial charge in [0.2, 0.25) is 23.1 Å². The van der Waals surface area contributed by atoms with Crippen molar-refractivity contribution in [3.8, 4) is 0 Å². The van der Waals surface area contributed by atoms with Crippen LogP contribution in [0.3, 0.4) is 0 Å². The van der Waals surface area contributed by atoms with Gasteiger partial charge in [-0.25, -0.2) is 14.4 Å². The van der Waals surface area contributed by atoms with Gasteiger partial charge in [0, 0.05) is 12.8 Å². The number of carbonyl (C=O) groups is 4. The average molecular weight is 723 g/mol. The fourth-order valence-electron chi connectivity index (χ4n) is 7.03. The Morgan fingerprint density at radius 3 is 1.81 bits per heavy atom. The van der Waals surface area contributed by atoms with E-state index in [0.717, 1.165) is 38.5 Å². The maximum absolute atomic E-state index is 13.1. The molecule has 2 bridgehead atoms. The molecule has 0 spiro atoms. The highest BCUT2D eigenvalue weighted by molar-refractivity contribution is 5.98. The third-order valence-corrected chi connectivity index (χ3v) is 9.90. The molecule has 2 aromatic rings. The van der Waals surface area contributed by atoms with E-state index in [0.29, 0.717) is 0 Å². The van der Waals surface area contributed by atoms with E-state index in [9.17, 15) is 44.7 Å². The summed E-state index contributed by atoms with van der Waals surface area (Å²) in [6.45, 7) is 4.05. The Morgan fingerprint density at radius 1 is 0.808 bits per heavy atom. The highest BCUT2D eigenvalue weighted by Crippen LogP contribution is 2.55. The number of aliphatic hydroxyl groups excluding tert-OH is 1. The van der Waals surface area contributed by atoms with Crippen molar-refractivity contribution in [3.05, 3.63) is 96.1 Å². The molecule has 12 heteroatoms. The summed E-state index contributed by atoms with van der Waals surface area (Å²) >= 11 is 0. The lowest BCUT2D eigenvalue weighted by atomic mass is 9.74. The number of aliphatic hydroxyl groups is 2. The van der Waals surface area contributed by atoms with Crippen LogP contribution in [0.2, 0.25) is 0 Å². The van der Waals surface area contributed by atoms with Gasteiger partial charge in [-0.1, -0.05) is 98.8 Å². The van der Waals surface area contributed by atoms with Crippen LogP contribution >= 0.6 is 0 Å². The lowest BCUT2D eigenvalue weighted by Gasteiger charge is -2.48. The monoisotopic (exact) mass is 722 g/mol. The van der Waals surface area contributed by atoms with E-state index in [1.807, 2.05) is 62.4 Å². The van der Waals surface area contributed by atoms with Crippen LogP contribution in [0, 0.1) is 11.8 Å². The molecular weight excluding hydrogens is 672 g/mol. The first-order chi connectivity index (χ1) is 24.8. The van der Waals surface area contributed by atoms with Gasteiger partial charge < -0.3 is 39.7 Å². The molecule has 52 heavy (non-hydrogen) atoms. The first-order valence-electron chi connectivity index (χ1n) is 17.9. The molecule has 0 saturated carbocycles. The summed E-state index contributed by atoms with van der Waals surface area (Å²) in [7, 11) is 0. The molecule has 2 aromatic carbocycles. The van der Waals surface area contributed by atoms with Gasteiger partial charge in [0.25, 0.3) is 0 Å². The SMILES string of the molecule is CC(/C=C/CCC(=O)O[C@@H]1[C@@H](O)[C@@]2(CC/C=C/C(C)CCCc3ccccc3)O[C@H](C(=O)O)[C@@](O)(C(=O)O)[C@]1(C(=O)O)O2)CCCc1ccccc1. The summed E-state index contributed by atoms with van der Waals surface area (Å²) in [6, 6.07) is 20.1. The number of carboxylic acids is 3.